The van der Waals surface area contributed by atoms with E-state index in [4.69, 9.17) is 19.9 Å². The third-order valence-electron chi connectivity index (χ3n) is 2.04. The van der Waals surface area contributed by atoms with Gasteiger partial charge in [0.25, 0.3) is 0 Å². The van der Waals surface area contributed by atoms with E-state index in [1.54, 1.807) is 27.4 Å². The molecule has 0 aromatic rings. The average molecular weight is 203 g/mol. The molecule has 0 aliphatic carbocycles. The largest absolute Gasteiger partial charge is 0.500 e. The van der Waals surface area contributed by atoms with E-state index in [2.05, 4.69) is 0 Å². The summed E-state index contributed by atoms with van der Waals surface area (Å²) in [6.07, 6.45) is 4.69. The summed E-state index contributed by atoms with van der Waals surface area (Å²) in [6.45, 7) is 5.27. The molecule has 4 heteroatoms. The number of unbranched alkanes of at least 4 members (excludes halogenated alkanes) is 2. The zero-order chi connectivity index (χ0) is 10.2. The zero-order valence-corrected chi connectivity index (χ0v) is 9.71. The van der Waals surface area contributed by atoms with Crippen LogP contribution >= 0.6 is 0 Å². The van der Waals surface area contributed by atoms with Crippen LogP contribution in [0.15, 0.2) is 6.08 Å². The molecule has 0 N–H and O–H groups in total. The Morgan fingerprint density at radius 2 is 1.62 bits per heavy atom. The van der Waals surface area contributed by atoms with Crippen LogP contribution in [0.25, 0.3) is 0 Å². The van der Waals surface area contributed by atoms with Crippen molar-refractivity contribution in [2.24, 2.45) is 0 Å². The Balaban J connectivity index is 3.74. The van der Waals surface area contributed by atoms with Crippen LogP contribution in [0, 0.1) is 6.58 Å². The Kier molecular flexibility index (Phi) is 7.17. The first-order valence-corrected chi connectivity index (χ1v) is 6.36. The molecule has 0 aliphatic rings. The van der Waals surface area contributed by atoms with Gasteiger partial charge in [-0.15, -0.1) is 0 Å². The first-order valence-electron chi connectivity index (χ1n) is 4.43. The van der Waals surface area contributed by atoms with Crippen LogP contribution in [0.2, 0.25) is 6.04 Å². The Morgan fingerprint density at radius 1 is 1.08 bits per heavy atom. The molecular weight excluding hydrogens is 184 g/mol. The van der Waals surface area contributed by atoms with Gasteiger partial charge in [0.2, 0.25) is 0 Å². The normalized spacial score (nSPS) is 11.6. The van der Waals surface area contributed by atoms with Gasteiger partial charge in [0, 0.05) is 27.4 Å². The first kappa shape index (κ1) is 12.8. The van der Waals surface area contributed by atoms with Crippen molar-refractivity contribution in [2.75, 3.05) is 21.3 Å². The molecule has 0 saturated carbocycles. The van der Waals surface area contributed by atoms with E-state index in [0.29, 0.717) is 0 Å². The first-order chi connectivity index (χ1) is 6.24. The van der Waals surface area contributed by atoms with Gasteiger partial charge in [-0.2, -0.15) is 0 Å². The lowest BCUT2D eigenvalue weighted by Crippen LogP contribution is -2.42. The summed E-state index contributed by atoms with van der Waals surface area (Å²) >= 11 is 0. The molecule has 1 radical (unpaired) electrons. The topological polar surface area (TPSA) is 27.7 Å². The highest BCUT2D eigenvalue weighted by Crippen LogP contribution is 2.16. The molecule has 0 amide bonds. The predicted molar refractivity (Wildman–Crippen MR) is 54.3 cm³/mol. The van der Waals surface area contributed by atoms with Crippen LogP contribution in [-0.2, 0) is 13.3 Å². The fraction of sp³-hybridized carbons (Fsp3) is 0.778. The quantitative estimate of drug-likeness (QED) is 0.446. The summed E-state index contributed by atoms with van der Waals surface area (Å²) in [6, 6.07) is 0.852. The zero-order valence-electron chi connectivity index (χ0n) is 8.71. The third-order valence-corrected chi connectivity index (χ3v) is 4.87. The van der Waals surface area contributed by atoms with Crippen LogP contribution in [0.1, 0.15) is 19.3 Å². The molecular formula is C9H19O3Si. The molecule has 0 rings (SSSR count). The summed E-state index contributed by atoms with van der Waals surface area (Å²) in [7, 11) is 2.58. The molecule has 0 heterocycles. The SMILES string of the molecule is [CH]=CCCCC[Si](OC)(OC)OC. The molecule has 0 spiro atoms. The molecule has 0 bridgehead atoms. The third kappa shape index (κ3) is 4.57. The molecule has 0 saturated heterocycles. The molecule has 0 atom stereocenters. The molecule has 0 fully saturated rings. The second-order valence-electron chi connectivity index (χ2n) is 2.78. The lowest BCUT2D eigenvalue weighted by molar-refractivity contribution is 0.123. The Labute approximate surface area is 82.1 Å². The van der Waals surface area contributed by atoms with Gasteiger partial charge in [0.15, 0.2) is 0 Å². The van der Waals surface area contributed by atoms with Gasteiger partial charge in [-0.1, -0.05) is 12.7 Å². The molecule has 0 aliphatic heterocycles. The maximum absolute atomic E-state index is 5.27. The van der Waals surface area contributed by atoms with Crippen molar-refractivity contribution in [3.63, 3.8) is 0 Å². The number of allylic oxidation sites excluding steroid dienone is 1. The highest BCUT2D eigenvalue weighted by molar-refractivity contribution is 6.60. The van der Waals surface area contributed by atoms with Crippen molar-refractivity contribution >= 4 is 8.80 Å². The van der Waals surface area contributed by atoms with Crippen LogP contribution in [0.5, 0.6) is 0 Å². The summed E-state index contributed by atoms with van der Waals surface area (Å²) in [4.78, 5) is 0. The van der Waals surface area contributed by atoms with Crippen molar-refractivity contribution in [2.45, 2.75) is 25.3 Å². The Hall–Kier alpha value is -0.163. The van der Waals surface area contributed by atoms with E-state index >= 15 is 0 Å². The van der Waals surface area contributed by atoms with Gasteiger partial charge in [-0.25, -0.2) is 0 Å². The fourth-order valence-corrected chi connectivity index (χ4v) is 2.96. The molecule has 0 aromatic heterocycles. The van der Waals surface area contributed by atoms with E-state index in [1.807, 2.05) is 0 Å². The molecule has 3 nitrogen and oxygen atoms in total. The van der Waals surface area contributed by atoms with Crippen molar-refractivity contribution in [3.8, 4) is 0 Å². The van der Waals surface area contributed by atoms with Crippen LogP contribution in [0.3, 0.4) is 0 Å². The minimum Gasteiger partial charge on any atom is -0.377 e. The molecule has 0 aromatic carbocycles. The second kappa shape index (κ2) is 7.26. The lowest BCUT2D eigenvalue weighted by atomic mass is 10.2. The summed E-state index contributed by atoms with van der Waals surface area (Å²) < 4.78 is 15.8. The smallest absolute Gasteiger partial charge is 0.377 e. The van der Waals surface area contributed by atoms with Gasteiger partial charge in [0.05, 0.1) is 0 Å². The minimum absolute atomic E-state index is 0.852. The van der Waals surface area contributed by atoms with E-state index in [-0.39, 0.29) is 0 Å². The highest BCUT2D eigenvalue weighted by atomic mass is 28.4. The van der Waals surface area contributed by atoms with Gasteiger partial charge in [0.1, 0.15) is 0 Å². The number of hydrogen-bond donors (Lipinski definition) is 0. The minimum atomic E-state index is -2.32. The Bertz CT molecular complexity index is 127. The van der Waals surface area contributed by atoms with Crippen molar-refractivity contribution < 1.29 is 13.3 Å². The second-order valence-corrected chi connectivity index (χ2v) is 5.87. The summed E-state index contributed by atoms with van der Waals surface area (Å²) in [5.74, 6) is 0. The van der Waals surface area contributed by atoms with Crippen molar-refractivity contribution in [1.82, 2.24) is 0 Å². The van der Waals surface area contributed by atoms with Gasteiger partial charge >= 0.3 is 8.80 Å². The summed E-state index contributed by atoms with van der Waals surface area (Å²) in [5, 5.41) is 0. The maximum Gasteiger partial charge on any atom is 0.500 e. The monoisotopic (exact) mass is 203 g/mol. The van der Waals surface area contributed by atoms with Gasteiger partial charge < -0.3 is 13.3 Å². The van der Waals surface area contributed by atoms with E-state index < -0.39 is 8.80 Å². The van der Waals surface area contributed by atoms with Crippen LogP contribution < -0.4 is 0 Å². The maximum atomic E-state index is 5.27. The van der Waals surface area contributed by atoms with Gasteiger partial charge in [-0.05, 0) is 19.3 Å². The summed E-state index contributed by atoms with van der Waals surface area (Å²) in [5.41, 5.74) is 0. The molecule has 0 unspecified atom stereocenters. The molecule has 13 heavy (non-hydrogen) atoms. The van der Waals surface area contributed by atoms with E-state index in [9.17, 15) is 0 Å². The molecule has 77 valence electrons. The number of hydrogen-bond acceptors (Lipinski definition) is 3. The van der Waals surface area contributed by atoms with E-state index in [0.717, 1.165) is 25.3 Å². The van der Waals surface area contributed by atoms with Gasteiger partial charge in [-0.3, -0.25) is 0 Å². The Morgan fingerprint density at radius 3 is 2.00 bits per heavy atom. The van der Waals surface area contributed by atoms with Crippen molar-refractivity contribution in [1.29, 1.82) is 0 Å². The van der Waals surface area contributed by atoms with E-state index in [1.165, 1.54) is 0 Å². The predicted octanol–water partition coefficient (Wildman–Crippen LogP) is 2.02. The highest BCUT2D eigenvalue weighted by Gasteiger charge is 2.36. The lowest BCUT2D eigenvalue weighted by Gasteiger charge is -2.24. The van der Waals surface area contributed by atoms with Crippen LogP contribution in [-0.4, -0.2) is 30.1 Å². The van der Waals surface area contributed by atoms with Crippen molar-refractivity contribution in [3.05, 3.63) is 12.7 Å². The van der Waals surface area contributed by atoms with Crippen LogP contribution in [0.4, 0.5) is 0 Å². The fourth-order valence-electron chi connectivity index (χ4n) is 1.16. The standard InChI is InChI=1S/C9H19O3Si/c1-5-6-7-8-9-13(10-2,11-3)12-4/h1,5H,6-9H2,2-4H3. The number of rotatable bonds is 8. The average Bonchev–Trinajstić information content (AvgIpc) is 2.20.